The molecule has 1 aliphatic rings. The first-order chi connectivity index (χ1) is 12.9. The molecule has 1 rings (SSSR count). The molecule has 0 radical (unpaired) electrons. The predicted octanol–water partition coefficient (Wildman–Crippen LogP) is 2.08. The third kappa shape index (κ3) is 13.4. The van der Waals surface area contributed by atoms with Gasteiger partial charge >= 0.3 is 0 Å². The summed E-state index contributed by atoms with van der Waals surface area (Å²) in [5.41, 5.74) is 0. The summed E-state index contributed by atoms with van der Waals surface area (Å²) in [6.45, 7) is 11.7. The Hall–Kier alpha value is -1.47. The Morgan fingerprint density at radius 2 is 1.59 bits per heavy atom. The molecule has 2 N–H and O–H groups in total. The molecule has 7 heteroatoms. The summed E-state index contributed by atoms with van der Waals surface area (Å²) in [6.07, 6.45) is 2.47. The SMILES string of the molecule is CC.CC(=O)NCCOCCOCCC(=O)NC1CC(C(=O)CC(C)C)C1. The van der Waals surface area contributed by atoms with Gasteiger partial charge in [0.25, 0.3) is 0 Å². The smallest absolute Gasteiger partial charge is 0.222 e. The Balaban J connectivity index is 0.00000326. The molecule has 0 aromatic carbocycles. The molecule has 0 aliphatic heterocycles. The van der Waals surface area contributed by atoms with Crippen molar-refractivity contribution in [3.8, 4) is 0 Å². The average Bonchev–Trinajstić information content (AvgIpc) is 2.57. The number of carbonyl (C=O) groups excluding carboxylic acids is 3. The maximum Gasteiger partial charge on any atom is 0.222 e. The van der Waals surface area contributed by atoms with Gasteiger partial charge in [-0.05, 0) is 18.8 Å². The molecule has 0 aromatic heterocycles. The number of nitrogens with one attached hydrogen (secondary N) is 2. The van der Waals surface area contributed by atoms with Gasteiger partial charge in [0.15, 0.2) is 0 Å². The molecule has 27 heavy (non-hydrogen) atoms. The molecule has 0 aromatic rings. The zero-order valence-electron chi connectivity index (χ0n) is 17.6. The molecule has 0 spiro atoms. The summed E-state index contributed by atoms with van der Waals surface area (Å²) in [4.78, 5) is 34.3. The number of carbonyl (C=O) groups is 3. The highest BCUT2D eigenvalue weighted by molar-refractivity contribution is 5.83. The van der Waals surface area contributed by atoms with Crippen LogP contribution in [-0.4, -0.2) is 56.6 Å². The van der Waals surface area contributed by atoms with Crippen LogP contribution < -0.4 is 10.6 Å². The fraction of sp³-hybridized carbons (Fsp3) is 0.850. The van der Waals surface area contributed by atoms with Gasteiger partial charge in [-0.25, -0.2) is 0 Å². The van der Waals surface area contributed by atoms with Crippen molar-refractivity contribution in [1.29, 1.82) is 0 Å². The molecule has 7 nitrogen and oxygen atoms in total. The van der Waals surface area contributed by atoms with Gasteiger partial charge in [-0.3, -0.25) is 14.4 Å². The molecule has 0 bridgehead atoms. The van der Waals surface area contributed by atoms with E-state index in [9.17, 15) is 14.4 Å². The van der Waals surface area contributed by atoms with Crippen molar-refractivity contribution in [3.05, 3.63) is 0 Å². The Kier molecular flexibility index (Phi) is 14.7. The summed E-state index contributed by atoms with van der Waals surface area (Å²) < 4.78 is 10.6. The number of hydrogen-bond donors (Lipinski definition) is 2. The van der Waals surface area contributed by atoms with E-state index in [-0.39, 0.29) is 23.8 Å². The fourth-order valence-corrected chi connectivity index (χ4v) is 2.65. The summed E-state index contributed by atoms with van der Waals surface area (Å²) in [7, 11) is 0. The average molecular weight is 387 g/mol. The van der Waals surface area contributed by atoms with Gasteiger partial charge < -0.3 is 20.1 Å². The summed E-state index contributed by atoms with van der Waals surface area (Å²) in [6, 6.07) is 0.130. The quantitative estimate of drug-likeness (QED) is 0.473. The van der Waals surface area contributed by atoms with E-state index in [1.165, 1.54) is 6.92 Å². The standard InChI is InChI=1S/C18H32N2O5.C2H6/c1-13(2)10-17(22)15-11-16(12-15)20-18(23)4-6-24-8-9-25-7-5-19-14(3)21;1-2/h13,15-16H,4-12H2,1-3H3,(H,19,21)(H,20,23);1-2H3. The molecule has 0 heterocycles. The van der Waals surface area contributed by atoms with Gasteiger partial charge in [0.2, 0.25) is 11.8 Å². The van der Waals surface area contributed by atoms with Gasteiger partial charge in [-0.1, -0.05) is 27.7 Å². The van der Waals surface area contributed by atoms with Gasteiger partial charge in [0, 0.05) is 38.3 Å². The maximum atomic E-state index is 11.9. The predicted molar refractivity (Wildman–Crippen MR) is 105 cm³/mol. The van der Waals surface area contributed by atoms with Crippen LogP contribution in [0.25, 0.3) is 0 Å². The zero-order valence-corrected chi connectivity index (χ0v) is 17.6. The summed E-state index contributed by atoms with van der Waals surface area (Å²) in [5, 5.41) is 5.57. The van der Waals surface area contributed by atoms with E-state index in [2.05, 4.69) is 10.6 Å². The minimum atomic E-state index is -0.0760. The lowest BCUT2D eigenvalue weighted by atomic mass is 9.75. The normalized spacial score (nSPS) is 18.1. The van der Waals surface area contributed by atoms with E-state index in [1.54, 1.807) is 0 Å². The minimum Gasteiger partial charge on any atom is -0.379 e. The van der Waals surface area contributed by atoms with Crippen molar-refractivity contribution in [1.82, 2.24) is 10.6 Å². The number of rotatable bonds is 13. The summed E-state index contributed by atoms with van der Waals surface area (Å²) in [5.74, 6) is 0.730. The van der Waals surface area contributed by atoms with Crippen molar-refractivity contribution >= 4 is 17.6 Å². The van der Waals surface area contributed by atoms with Gasteiger partial charge in [-0.2, -0.15) is 0 Å². The first-order valence-electron chi connectivity index (χ1n) is 10.1. The van der Waals surface area contributed by atoms with Gasteiger partial charge in [-0.15, -0.1) is 0 Å². The Morgan fingerprint density at radius 3 is 2.15 bits per heavy atom. The second-order valence-electron chi connectivity index (χ2n) is 6.95. The van der Waals surface area contributed by atoms with Crippen molar-refractivity contribution < 1.29 is 23.9 Å². The first kappa shape index (κ1) is 25.5. The molecule has 1 saturated carbocycles. The first-order valence-corrected chi connectivity index (χ1v) is 10.1. The Morgan fingerprint density at radius 1 is 1.00 bits per heavy atom. The van der Waals surface area contributed by atoms with Crippen LogP contribution in [0.1, 0.15) is 60.3 Å². The van der Waals surface area contributed by atoms with Crippen LogP contribution in [-0.2, 0) is 23.9 Å². The second-order valence-corrected chi connectivity index (χ2v) is 6.95. The molecule has 158 valence electrons. The third-order valence-electron chi connectivity index (χ3n) is 4.03. The van der Waals surface area contributed by atoms with E-state index < -0.39 is 0 Å². The van der Waals surface area contributed by atoms with Crippen LogP contribution in [0.3, 0.4) is 0 Å². The number of ketones is 1. The highest BCUT2D eigenvalue weighted by Gasteiger charge is 2.34. The van der Waals surface area contributed by atoms with Crippen molar-refractivity contribution in [2.75, 3.05) is 33.0 Å². The lowest BCUT2D eigenvalue weighted by molar-refractivity contribution is -0.130. The number of amides is 2. The van der Waals surface area contributed by atoms with Crippen molar-refractivity contribution in [2.24, 2.45) is 11.8 Å². The number of hydrogen-bond acceptors (Lipinski definition) is 5. The monoisotopic (exact) mass is 386 g/mol. The lowest BCUT2D eigenvalue weighted by Gasteiger charge is -2.35. The van der Waals surface area contributed by atoms with E-state index in [0.717, 1.165) is 12.8 Å². The largest absolute Gasteiger partial charge is 0.379 e. The van der Waals surface area contributed by atoms with Gasteiger partial charge in [0.05, 0.1) is 26.4 Å². The van der Waals surface area contributed by atoms with Crippen LogP contribution in [0.4, 0.5) is 0 Å². The lowest BCUT2D eigenvalue weighted by Crippen LogP contribution is -2.47. The van der Waals surface area contributed by atoms with Crippen LogP contribution in [0, 0.1) is 11.8 Å². The second kappa shape index (κ2) is 15.6. The van der Waals surface area contributed by atoms with E-state index in [1.807, 2.05) is 27.7 Å². The summed E-state index contributed by atoms with van der Waals surface area (Å²) >= 11 is 0. The highest BCUT2D eigenvalue weighted by Crippen LogP contribution is 2.30. The van der Waals surface area contributed by atoms with Crippen LogP contribution in [0.2, 0.25) is 0 Å². The molecule has 1 fully saturated rings. The van der Waals surface area contributed by atoms with Crippen LogP contribution in [0.15, 0.2) is 0 Å². The van der Waals surface area contributed by atoms with E-state index in [4.69, 9.17) is 9.47 Å². The molecular formula is C20H38N2O5. The highest BCUT2D eigenvalue weighted by atomic mass is 16.5. The minimum absolute atomic E-state index is 0.0358. The Labute approximate surface area is 163 Å². The zero-order chi connectivity index (χ0) is 20.7. The molecule has 0 atom stereocenters. The molecule has 1 aliphatic carbocycles. The van der Waals surface area contributed by atoms with Crippen molar-refractivity contribution in [3.63, 3.8) is 0 Å². The van der Waals surface area contributed by atoms with Crippen LogP contribution in [0.5, 0.6) is 0 Å². The molecule has 2 amide bonds. The molecule has 0 unspecified atom stereocenters. The van der Waals surface area contributed by atoms with Crippen molar-refractivity contribution in [2.45, 2.75) is 66.3 Å². The Bertz CT molecular complexity index is 434. The van der Waals surface area contributed by atoms with Gasteiger partial charge in [0.1, 0.15) is 5.78 Å². The number of ether oxygens (including phenoxy) is 2. The fourth-order valence-electron chi connectivity index (χ4n) is 2.65. The van der Waals surface area contributed by atoms with E-state index in [0.29, 0.717) is 57.5 Å². The molecule has 0 saturated heterocycles. The maximum absolute atomic E-state index is 11.9. The van der Waals surface area contributed by atoms with E-state index >= 15 is 0 Å². The topological polar surface area (TPSA) is 93.7 Å². The third-order valence-corrected chi connectivity index (χ3v) is 4.03. The van der Waals surface area contributed by atoms with Crippen LogP contribution >= 0.6 is 0 Å². The molecular weight excluding hydrogens is 348 g/mol. The number of Topliss-reactive ketones (excluding diaryl/α,β-unsaturated/α-hetero) is 1.